The Labute approximate surface area is 152 Å². The van der Waals surface area contributed by atoms with Gasteiger partial charge in [0.25, 0.3) is 0 Å². The molecule has 0 amide bonds. The third kappa shape index (κ3) is 4.22. The van der Waals surface area contributed by atoms with Crippen molar-refractivity contribution in [1.29, 1.82) is 0 Å². The largest absolute Gasteiger partial charge is 0.478 e. The highest BCUT2D eigenvalue weighted by Gasteiger charge is 2.27. The van der Waals surface area contributed by atoms with Gasteiger partial charge in [-0.2, -0.15) is 0 Å². The average molecular weight is 376 g/mol. The van der Waals surface area contributed by atoms with Crippen LogP contribution in [0.5, 0.6) is 11.5 Å². The lowest BCUT2D eigenvalue weighted by atomic mass is 10.0. The van der Waals surface area contributed by atoms with Crippen LogP contribution in [0.4, 0.5) is 5.69 Å². The average Bonchev–Trinajstić information content (AvgIpc) is 2.59. The number of carboxylic acids is 1. The Bertz CT molecular complexity index is 924. The Morgan fingerprint density at radius 2 is 2.00 bits per heavy atom. The maximum atomic E-state index is 12.1. The molecule has 0 radical (unpaired) electrons. The van der Waals surface area contributed by atoms with Gasteiger partial charge in [0.1, 0.15) is 10.6 Å². The van der Waals surface area contributed by atoms with Gasteiger partial charge in [0.05, 0.1) is 11.3 Å². The second-order valence-electron chi connectivity index (χ2n) is 5.39. The third-order valence-electron chi connectivity index (χ3n) is 3.63. The molecule has 26 heavy (non-hydrogen) atoms. The molecule has 2 rings (SSSR count). The summed E-state index contributed by atoms with van der Waals surface area (Å²) in [5, 5.41) is 17.8. The first-order valence-corrected chi connectivity index (χ1v) is 9.37. The van der Waals surface area contributed by atoms with E-state index < -0.39 is 20.9 Å². The lowest BCUT2D eigenvalue weighted by molar-refractivity contribution is 0.0695. The first kappa shape index (κ1) is 19.5. The number of sulfonamides is 1. The van der Waals surface area contributed by atoms with E-state index in [1.54, 1.807) is 43.3 Å². The van der Waals surface area contributed by atoms with E-state index in [1.807, 2.05) is 0 Å². The molecule has 0 saturated carbocycles. The number of carboxylic acid groups (broad SMARTS) is 1. The number of hydrogen-bond donors (Lipinski definition) is 3. The van der Waals surface area contributed by atoms with Gasteiger partial charge in [-0.15, -0.1) is 6.58 Å². The van der Waals surface area contributed by atoms with Gasteiger partial charge >= 0.3 is 5.97 Å². The number of nitrogens with two attached hydrogens (primary N) is 1. The fourth-order valence-corrected chi connectivity index (χ4v) is 3.20. The summed E-state index contributed by atoms with van der Waals surface area (Å²) in [6.45, 7) is 5.66. The van der Waals surface area contributed by atoms with Crippen LogP contribution in [0, 0.1) is 0 Å². The van der Waals surface area contributed by atoms with Crippen molar-refractivity contribution in [3.05, 3.63) is 60.2 Å². The van der Waals surface area contributed by atoms with Crippen LogP contribution in [0.2, 0.25) is 0 Å². The first-order valence-electron chi connectivity index (χ1n) is 7.83. The molecule has 0 aliphatic heterocycles. The molecule has 0 fully saturated rings. The monoisotopic (exact) mass is 376 g/mol. The molecular formula is C18H20N2O5S. The molecule has 0 bridgehead atoms. The van der Waals surface area contributed by atoms with E-state index in [4.69, 9.17) is 9.88 Å². The van der Waals surface area contributed by atoms with E-state index in [-0.39, 0.29) is 23.5 Å². The smallest absolute Gasteiger partial charge is 0.336 e. The second-order valence-corrected chi connectivity index (χ2v) is 6.92. The second kappa shape index (κ2) is 8.03. The molecule has 2 aromatic rings. The van der Waals surface area contributed by atoms with Crippen molar-refractivity contribution < 1.29 is 23.1 Å². The summed E-state index contributed by atoms with van der Waals surface area (Å²) in [5.41, 5.74) is 0.529. The van der Waals surface area contributed by atoms with Crippen molar-refractivity contribution >= 4 is 21.7 Å². The van der Waals surface area contributed by atoms with Crippen LogP contribution >= 0.6 is 0 Å². The number of nitrogens with one attached hydrogen (secondary N) is 1. The Balaban J connectivity index is 2.82. The zero-order chi connectivity index (χ0) is 19.3. The standard InChI is InChI=1S/C18H20N2O5S/c1-3-10-20-16-13(4-2)14(18(21)22)11-15(26(19,23)24)17(16)25-12-8-6-5-7-9-12/h3,5-9,11,20H,1,4,10H2,2H3,(H,21,22)(H2,19,23,24). The van der Waals surface area contributed by atoms with E-state index in [0.29, 0.717) is 17.7 Å². The topological polar surface area (TPSA) is 119 Å². The van der Waals surface area contributed by atoms with Crippen LogP contribution in [0.25, 0.3) is 0 Å². The molecule has 0 unspecified atom stereocenters. The minimum atomic E-state index is -4.24. The molecule has 0 atom stereocenters. The van der Waals surface area contributed by atoms with Crippen LogP contribution in [0.15, 0.2) is 53.9 Å². The molecule has 0 spiro atoms. The fourth-order valence-electron chi connectivity index (χ4n) is 2.52. The molecule has 2 aromatic carbocycles. The third-order valence-corrected chi connectivity index (χ3v) is 4.55. The molecule has 138 valence electrons. The molecular weight excluding hydrogens is 356 g/mol. The van der Waals surface area contributed by atoms with Crippen molar-refractivity contribution in [2.24, 2.45) is 5.14 Å². The highest BCUT2D eigenvalue weighted by Crippen LogP contribution is 2.40. The van der Waals surface area contributed by atoms with Crippen LogP contribution < -0.4 is 15.2 Å². The summed E-state index contributed by atoms with van der Waals surface area (Å²) in [6.07, 6.45) is 1.91. The summed E-state index contributed by atoms with van der Waals surface area (Å²) >= 11 is 0. The minimum Gasteiger partial charge on any atom is -0.478 e. The van der Waals surface area contributed by atoms with E-state index in [0.717, 1.165) is 6.07 Å². The molecule has 0 aliphatic rings. The number of primary sulfonamides is 1. The van der Waals surface area contributed by atoms with Crippen LogP contribution in [0.1, 0.15) is 22.8 Å². The molecule has 0 aliphatic carbocycles. The van der Waals surface area contributed by atoms with E-state index in [9.17, 15) is 18.3 Å². The maximum Gasteiger partial charge on any atom is 0.336 e. The Kier molecular flexibility index (Phi) is 6.01. The summed E-state index contributed by atoms with van der Waals surface area (Å²) in [6, 6.07) is 9.59. The normalized spacial score (nSPS) is 11.0. The number of benzene rings is 2. The summed E-state index contributed by atoms with van der Waals surface area (Å²) in [5.74, 6) is -0.897. The number of hydrogen-bond acceptors (Lipinski definition) is 5. The molecule has 4 N–H and O–H groups in total. The number of rotatable bonds is 8. The van der Waals surface area contributed by atoms with Gasteiger partial charge < -0.3 is 15.2 Å². The van der Waals surface area contributed by atoms with Crippen LogP contribution in [-0.4, -0.2) is 26.0 Å². The molecule has 0 heterocycles. The highest BCUT2D eigenvalue weighted by molar-refractivity contribution is 7.89. The quantitative estimate of drug-likeness (QED) is 0.610. The number of anilines is 1. The van der Waals surface area contributed by atoms with Crippen LogP contribution in [-0.2, 0) is 16.4 Å². The SMILES string of the molecule is C=CCNc1c(CC)c(C(=O)O)cc(S(N)(=O)=O)c1Oc1ccccc1. The van der Waals surface area contributed by atoms with Crippen molar-refractivity contribution in [3.63, 3.8) is 0 Å². The predicted octanol–water partition coefficient (Wildman–Crippen LogP) is 2.98. The predicted molar refractivity (Wildman–Crippen MR) is 99.4 cm³/mol. The molecule has 8 heteroatoms. The number of ether oxygens (including phenoxy) is 1. The lowest BCUT2D eigenvalue weighted by Crippen LogP contribution is -2.18. The summed E-state index contributed by atoms with van der Waals surface area (Å²) < 4.78 is 30.0. The van der Waals surface area contributed by atoms with Gasteiger partial charge in [0.2, 0.25) is 10.0 Å². The number of aromatic carboxylic acids is 1. The van der Waals surface area contributed by atoms with Crippen molar-refractivity contribution in [2.45, 2.75) is 18.2 Å². The van der Waals surface area contributed by atoms with E-state index in [1.165, 1.54) is 0 Å². The summed E-state index contributed by atoms with van der Waals surface area (Å²) in [7, 11) is -4.24. The van der Waals surface area contributed by atoms with Gasteiger partial charge in [-0.05, 0) is 30.2 Å². The van der Waals surface area contributed by atoms with E-state index in [2.05, 4.69) is 11.9 Å². The van der Waals surface area contributed by atoms with Gasteiger partial charge in [-0.3, -0.25) is 0 Å². The van der Waals surface area contributed by atoms with Gasteiger partial charge in [0, 0.05) is 6.54 Å². The van der Waals surface area contributed by atoms with E-state index >= 15 is 0 Å². The number of carbonyl (C=O) groups is 1. The zero-order valence-electron chi connectivity index (χ0n) is 14.2. The molecule has 0 saturated heterocycles. The molecule has 7 nitrogen and oxygen atoms in total. The Hall–Kier alpha value is -2.84. The minimum absolute atomic E-state index is 0.0394. The maximum absolute atomic E-state index is 12.1. The lowest BCUT2D eigenvalue weighted by Gasteiger charge is -2.20. The number of para-hydroxylation sites is 1. The molecule has 0 aromatic heterocycles. The zero-order valence-corrected chi connectivity index (χ0v) is 15.0. The van der Waals surface area contributed by atoms with Gasteiger partial charge in [0.15, 0.2) is 5.75 Å². The van der Waals surface area contributed by atoms with Crippen LogP contribution in [0.3, 0.4) is 0 Å². The van der Waals surface area contributed by atoms with Gasteiger partial charge in [-0.25, -0.2) is 18.4 Å². The van der Waals surface area contributed by atoms with Crippen molar-refractivity contribution in [3.8, 4) is 11.5 Å². The van der Waals surface area contributed by atoms with Crippen molar-refractivity contribution in [2.75, 3.05) is 11.9 Å². The Morgan fingerprint density at radius 1 is 1.35 bits per heavy atom. The van der Waals surface area contributed by atoms with Gasteiger partial charge in [-0.1, -0.05) is 31.2 Å². The Morgan fingerprint density at radius 3 is 2.50 bits per heavy atom. The summed E-state index contributed by atoms with van der Waals surface area (Å²) in [4.78, 5) is 11.2. The first-order chi connectivity index (χ1) is 12.3. The highest BCUT2D eigenvalue weighted by atomic mass is 32.2. The fraction of sp³-hybridized carbons (Fsp3) is 0.167. The van der Waals surface area contributed by atoms with Crippen molar-refractivity contribution in [1.82, 2.24) is 0 Å².